The van der Waals surface area contributed by atoms with Gasteiger partial charge in [0.15, 0.2) is 0 Å². The SMILES string of the molecule is Cl.Cl.Cl.O.c1ccc(N2CCN(CCCOc3ccc4c(c3)CCCN4)CC2)cc1. The summed E-state index contributed by atoms with van der Waals surface area (Å²) >= 11 is 0. The molecule has 2 heterocycles. The van der Waals surface area contributed by atoms with E-state index in [4.69, 9.17) is 4.74 Å². The molecule has 30 heavy (non-hydrogen) atoms. The first-order chi connectivity index (χ1) is 12.9. The van der Waals surface area contributed by atoms with Gasteiger partial charge in [-0.05, 0) is 55.2 Å². The van der Waals surface area contributed by atoms with E-state index in [1.54, 1.807) is 0 Å². The highest BCUT2D eigenvalue weighted by Gasteiger charge is 2.16. The third-order valence-electron chi connectivity index (χ3n) is 5.40. The summed E-state index contributed by atoms with van der Waals surface area (Å²) in [5.41, 5.74) is 4.02. The molecule has 0 aliphatic carbocycles. The molecule has 0 saturated carbocycles. The van der Waals surface area contributed by atoms with Crippen LogP contribution in [0.5, 0.6) is 5.75 Å². The molecule has 2 aliphatic rings. The van der Waals surface area contributed by atoms with Crippen LogP contribution in [0.2, 0.25) is 0 Å². The third kappa shape index (κ3) is 7.71. The number of rotatable bonds is 6. The van der Waals surface area contributed by atoms with Gasteiger partial charge in [-0.15, -0.1) is 37.2 Å². The van der Waals surface area contributed by atoms with Crippen molar-refractivity contribution >= 4 is 48.6 Å². The number of para-hydroxylation sites is 1. The second-order valence-electron chi connectivity index (χ2n) is 7.22. The van der Waals surface area contributed by atoms with Crippen LogP contribution in [0, 0.1) is 0 Å². The highest BCUT2D eigenvalue weighted by Crippen LogP contribution is 2.26. The van der Waals surface area contributed by atoms with Crippen molar-refractivity contribution < 1.29 is 10.2 Å². The fourth-order valence-corrected chi connectivity index (χ4v) is 3.89. The molecule has 1 fully saturated rings. The number of anilines is 2. The van der Waals surface area contributed by atoms with Crippen molar-refractivity contribution in [3.05, 3.63) is 54.1 Å². The van der Waals surface area contributed by atoms with E-state index in [9.17, 15) is 0 Å². The number of halogens is 3. The van der Waals surface area contributed by atoms with E-state index < -0.39 is 0 Å². The number of fused-ring (bicyclic) bond motifs is 1. The predicted molar refractivity (Wildman–Crippen MR) is 134 cm³/mol. The van der Waals surface area contributed by atoms with E-state index in [2.05, 4.69) is 63.6 Å². The monoisotopic (exact) mass is 477 g/mol. The Bertz CT molecular complexity index is 714. The maximum atomic E-state index is 5.99. The molecule has 170 valence electrons. The lowest BCUT2D eigenvalue weighted by Crippen LogP contribution is -2.46. The minimum Gasteiger partial charge on any atom is -0.494 e. The van der Waals surface area contributed by atoms with Crippen LogP contribution in [0.1, 0.15) is 18.4 Å². The van der Waals surface area contributed by atoms with Crippen LogP contribution < -0.4 is 15.0 Å². The molecule has 5 nitrogen and oxygen atoms in total. The van der Waals surface area contributed by atoms with Gasteiger partial charge in [0.25, 0.3) is 0 Å². The first-order valence-corrected chi connectivity index (χ1v) is 9.90. The summed E-state index contributed by atoms with van der Waals surface area (Å²) in [5, 5.41) is 3.45. The maximum Gasteiger partial charge on any atom is 0.119 e. The Morgan fingerprint density at radius 2 is 1.63 bits per heavy atom. The van der Waals surface area contributed by atoms with Crippen LogP contribution >= 0.6 is 37.2 Å². The molecule has 0 spiro atoms. The zero-order valence-corrected chi connectivity index (χ0v) is 19.7. The quantitative estimate of drug-likeness (QED) is 0.636. The van der Waals surface area contributed by atoms with Gasteiger partial charge in [0.2, 0.25) is 0 Å². The van der Waals surface area contributed by atoms with Crippen LogP contribution in [0.25, 0.3) is 0 Å². The molecule has 0 aromatic heterocycles. The topological polar surface area (TPSA) is 59.2 Å². The van der Waals surface area contributed by atoms with Gasteiger partial charge < -0.3 is 20.4 Å². The normalized spacial score (nSPS) is 15.1. The molecular weight excluding hydrogens is 445 g/mol. The zero-order valence-electron chi connectivity index (χ0n) is 17.2. The van der Waals surface area contributed by atoms with Crippen molar-refractivity contribution in [3.8, 4) is 5.75 Å². The molecule has 0 bridgehead atoms. The van der Waals surface area contributed by atoms with Crippen molar-refractivity contribution in [1.29, 1.82) is 0 Å². The van der Waals surface area contributed by atoms with Crippen molar-refractivity contribution in [2.75, 3.05) is 56.1 Å². The minimum atomic E-state index is 0. The molecule has 0 atom stereocenters. The minimum absolute atomic E-state index is 0. The predicted octanol–water partition coefficient (Wildman–Crippen LogP) is 4.08. The molecule has 3 N–H and O–H groups in total. The molecule has 2 aromatic carbocycles. The number of nitrogens with one attached hydrogen (secondary N) is 1. The van der Waals surface area contributed by atoms with Crippen LogP contribution in [-0.2, 0) is 6.42 Å². The van der Waals surface area contributed by atoms with Crippen LogP contribution in [0.4, 0.5) is 11.4 Å². The lowest BCUT2D eigenvalue weighted by atomic mass is 10.0. The smallest absolute Gasteiger partial charge is 0.119 e. The summed E-state index contributed by atoms with van der Waals surface area (Å²) < 4.78 is 5.99. The third-order valence-corrected chi connectivity index (χ3v) is 5.40. The van der Waals surface area contributed by atoms with Gasteiger partial charge in [0.1, 0.15) is 5.75 Å². The maximum absolute atomic E-state index is 5.99. The number of benzene rings is 2. The van der Waals surface area contributed by atoms with Crippen molar-refractivity contribution in [3.63, 3.8) is 0 Å². The van der Waals surface area contributed by atoms with E-state index in [-0.39, 0.29) is 42.7 Å². The average molecular weight is 479 g/mol. The summed E-state index contributed by atoms with van der Waals surface area (Å²) in [6, 6.07) is 17.2. The van der Waals surface area contributed by atoms with Crippen LogP contribution in [0.15, 0.2) is 48.5 Å². The lowest BCUT2D eigenvalue weighted by molar-refractivity contribution is 0.224. The number of ether oxygens (including phenoxy) is 1. The first-order valence-electron chi connectivity index (χ1n) is 9.90. The van der Waals surface area contributed by atoms with E-state index in [1.807, 2.05) is 0 Å². The largest absolute Gasteiger partial charge is 0.494 e. The summed E-state index contributed by atoms with van der Waals surface area (Å²) in [6.07, 6.45) is 3.46. The van der Waals surface area contributed by atoms with E-state index in [0.717, 1.165) is 64.5 Å². The Morgan fingerprint density at radius 3 is 2.37 bits per heavy atom. The van der Waals surface area contributed by atoms with E-state index >= 15 is 0 Å². The molecule has 0 unspecified atom stereocenters. The molecule has 0 amide bonds. The first kappa shape index (κ1) is 28.6. The second-order valence-corrected chi connectivity index (χ2v) is 7.22. The fourth-order valence-electron chi connectivity index (χ4n) is 3.89. The molecule has 2 aliphatic heterocycles. The molecule has 0 radical (unpaired) electrons. The Kier molecular flexibility index (Phi) is 13.9. The Morgan fingerprint density at radius 1 is 0.900 bits per heavy atom. The van der Waals surface area contributed by atoms with E-state index in [0.29, 0.717) is 0 Å². The van der Waals surface area contributed by atoms with Gasteiger partial charge in [0.05, 0.1) is 6.61 Å². The van der Waals surface area contributed by atoms with Crippen molar-refractivity contribution in [2.45, 2.75) is 19.3 Å². The molecule has 8 heteroatoms. The lowest BCUT2D eigenvalue weighted by Gasteiger charge is -2.36. The van der Waals surface area contributed by atoms with Crippen LogP contribution in [0.3, 0.4) is 0 Å². The summed E-state index contributed by atoms with van der Waals surface area (Å²) in [4.78, 5) is 5.04. The van der Waals surface area contributed by atoms with Gasteiger partial charge in [0, 0.05) is 50.6 Å². The molecular formula is C22H34Cl3N3O2. The standard InChI is InChI=1S/C22H29N3O.3ClH.H2O/c1-2-7-20(8-3-1)25-15-13-24(14-16-25)12-5-17-26-21-9-10-22-19(18-21)6-4-11-23-22;;;;/h1-3,7-10,18,23H,4-6,11-17H2;3*1H;1H2. The number of hydrogen-bond donors (Lipinski definition) is 1. The Labute approximate surface area is 198 Å². The zero-order chi connectivity index (χ0) is 17.6. The van der Waals surface area contributed by atoms with Gasteiger partial charge >= 0.3 is 0 Å². The Hall–Kier alpha value is -1.37. The summed E-state index contributed by atoms with van der Waals surface area (Å²) in [5.74, 6) is 1.02. The van der Waals surface area contributed by atoms with Gasteiger partial charge in [-0.25, -0.2) is 0 Å². The number of nitrogens with zero attached hydrogens (tertiary/aromatic N) is 2. The van der Waals surface area contributed by atoms with Gasteiger partial charge in [-0.3, -0.25) is 4.90 Å². The highest BCUT2D eigenvalue weighted by atomic mass is 35.5. The average Bonchev–Trinajstić information content (AvgIpc) is 2.72. The number of aryl methyl sites for hydroxylation is 1. The van der Waals surface area contributed by atoms with Crippen molar-refractivity contribution in [2.24, 2.45) is 0 Å². The van der Waals surface area contributed by atoms with E-state index in [1.165, 1.54) is 23.4 Å². The second kappa shape index (κ2) is 14.6. The van der Waals surface area contributed by atoms with Gasteiger partial charge in [-0.2, -0.15) is 0 Å². The molecule has 4 rings (SSSR count). The number of hydrogen-bond acceptors (Lipinski definition) is 4. The molecule has 1 saturated heterocycles. The molecule has 2 aromatic rings. The van der Waals surface area contributed by atoms with Crippen LogP contribution in [-0.4, -0.2) is 56.3 Å². The fraction of sp³-hybridized carbons (Fsp3) is 0.455. The Balaban J connectivity index is 0.00000210. The number of piperazine rings is 1. The van der Waals surface area contributed by atoms with Gasteiger partial charge in [-0.1, -0.05) is 18.2 Å². The van der Waals surface area contributed by atoms with Crippen molar-refractivity contribution in [1.82, 2.24) is 4.90 Å². The summed E-state index contributed by atoms with van der Waals surface area (Å²) in [6.45, 7) is 7.51. The summed E-state index contributed by atoms with van der Waals surface area (Å²) in [7, 11) is 0. The highest BCUT2D eigenvalue weighted by molar-refractivity contribution is 5.86.